The molecule has 0 unspecified atom stereocenters. The van der Waals surface area contributed by atoms with Crippen LogP contribution in [-0.4, -0.2) is 47.9 Å². The van der Waals surface area contributed by atoms with Gasteiger partial charge in [-0.2, -0.15) is 8.42 Å². The van der Waals surface area contributed by atoms with Gasteiger partial charge in [0.1, 0.15) is 0 Å². The average molecular weight is 421 g/mol. The van der Waals surface area contributed by atoms with E-state index in [1.165, 1.54) is 4.57 Å². The Hall–Kier alpha value is -2.96. The van der Waals surface area contributed by atoms with Crippen LogP contribution in [0.1, 0.15) is 12.8 Å². The number of anilines is 1. The van der Waals surface area contributed by atoms with Crippen LogP contribution in [0.4, 0.5) is 5.69 Å². The van der Waals surface area contributed by atoms with Gasteiger partial charge in [-0.05, 0) is 18.6 Å². The van der Waals surface area contributed by atoms with Gasteiger partial charge in [-0.15, -0.1) is 0 Å². The van der Waals surface area contributed by atoms with Crippen molar-refractivity contribution in [3.8, 4) is 5.69 Å². The number of hydrogen-bond donors (Lipinski definition) is 1. The van der Waals surface area contributed by atoms with Crippen molar-refractivity contribution in [3.63, 3.8) is 0 Å². The lowest BCUT2D eigenvalue weighted by Gasteiger charge is -2.25. The van der Waals surface area contributed by atoms with E-state index in [0.29, 0.717) is 17.5 Å². The van der Waals surface area contributed by atoms with Gasteiger partial charge < -0.3 is 19.0 Å². The molecule has 1 fully saturated rings. The number of nitrogens with zero attached hydrogens (tertiary/aromatic N) is 4. The lowest BCUT2D eigenvalue weighted by molar-refractivity contribution is -0.0844. The molecule has 0 bridgehead atoms. The first-order valence-corrected chi connectivity index (χ1v) is 10.2. The quantitative estimate of drug-likeness (QED) is 0.564. The Morgan fingerprint density at radius 1 is 1.24 bits per heavy atom. The Morgan fingerprint density at radius 2 is 2.00 bits per heavy atom. The zero-order valence-electron chi connectivity index (χ0n) is 15.7. The van der Waals surface area contributed by atoms with E-state index in [4.69, 9.17) is 0 Å². The van der Waals surface area contributed by atoms with Gasteiger partial charge in [0.25, 0.3) is 0 Å². The van der Waals surface area contributed by atoms with Gasteiger partial charge in [-0.25, -0.2) is 13.4 Å². The number of nitrogens with one attached hydrogen (secondary N) is 1. The molecule has 154 valence electrons. The van der Waals surface area contributed by atoms with Gasteiger partial charge in [0.05, 0.1) is 28.7 Å². The highest BCUT2D eigenvalue weighted by Gasteiger charge is 2.35. The predicted octanol–water partition coefficient (Wildman–Crippen LogP) is 0.339. The zero-order chi connectivity index (χ0) is 20.8. The maximum absolute atomic E-state index is 12.5. The van der Waals surface area contributed by atoms with Crippen LogP contribution in [0.5, 0.6) is 0 Å². The first kappa shape index (κ1) is 19.4. The molecule has 4 rings (SSSR count). The summed E-state index contributed by atoms with van der Waals surface area (Å²) in [5.74, 6) is 0. The van der Waals surface area contributed by atoms with Gasteiger partial charge >= 0.3 is 21.5 Å². The molecule has 1 aromatic carbocycles. The Bertz CT molecular complexity index is 1260. The molecule has 3 aromatic rings. The fourth-order valence-corrected chi connectivity index (χ4v) is 4.00. The second kappa shape index (κ2) is 7.13. The lowest BCUT2D eigenvalue weighted by Crippen LogP contribution is -2.38. The van der Waals surface area contributed by atoms with E-state index in [-0.39, 0.29) is 13.0 Å². The second-order valence-electron chi connectivity index (χ2n) is 6.81. The third-order valence-electron chi connectivity index (χ3n) is 4.61. The Morgan fingerprint density at radius 3 is 2.62 bits per heavy atom. The van der Waals surface area contributed by atoms with E-state index < -0.39 is 27.8 Å². The molecule has 0 amide bonds. The molecule has 29 heavy (non-hydrogen) atoms. The Labute approximate surface area is 165 Å². The molecule has 0 spiro atoms. The summed E-state index contributed by atoms with van der Waals surface area (Å²) in [4.78, 5) is 33.2. The molecule has 1 saturated heterocycles. The number of fused-ring (bicyclic) bond motifs is 1. The number of rotatable bonds is 6. The first-order valence-electron chi connectivity index (χ1n) is 8.83. The van der Waals surface area contributed by atoms with Crippen LogP contribution in [0, 0.1) is 0 Å². The van der Waals surface area contributed by atoms with Crippen molar-refractivity contribution in [2.75, 3.05) is 19.0 Å². The number of hydrogen-bond acceptors (Lipinski definition) is 8. The van der Waals surface area contributed by atoms with E-state index in [1.807, 2.05) is 29.6 Å². The van der Waals surface area contributed by atoms with Crippen molar-refractivity contribution in [3.05, 3.63) is 51.6 Å². The monoisotopic (exact) mass is 421 g/mol. The minimum Gasteiger partial charge on any atom is -0.376 e. The maximum atomic E-state index is 12.5. The van der Waals surface area contributed by atoms with Gasteiger partial charge in [-0.3, -0.25) is 9.59 Å². The number of aromatic amines is 1. The van der Waals surface area contributed by atoms with Crippen molar-refractivity contribution in [2.45, 2.75) is 25.7 Å². The number of imidazole rings is 1. The van der Waals surface area contributed by atoms with Gasteiger partial charge in [-0.1, -0.05) is 0 Å². The van der Waals surface area contributed by atoms with Crippen molar-refractivity contribution in [1.29, 1.82) is 0 Å². The molecule has 0 aliphatic carbocycles. The topological polar surface area (TPSA) is 129 Å². The molecule has 0 atom stereocenters. The minimum absolute atomic E-state index is 0.202. The summed E-state index contributed by atoms with van der Waals surface area (Å²) < 4.78 is 34.1. The summed E-state index contributed by atoms with van der Waals surface area (Å²) >= 11 is 0. The molecule has 1 aliphatic heterocycles. The maximum Gasteiger partial charge on any atom is 0.404 e. The molecule has 0 saturated carbocycles. The van der Waals surface area contributed by atoms with Crippen LogP contribution in [0.15, 0.2) is 40.4 Å². The third-order valence-corrected chi connectivity index (χ3v) is 5.51. The smallest absolute Gasteiger partial charge is 0.376 e. The van der Waals surface area contributed by atoms with Crippen LogP contribution in [0.3, 0.4) is 0 Å². The number of benzene rings is 1. The van der Waals surface area contributed by atoms with E-state index in [0.717, 1.165) is 11.4 Å². The largest absolute Gasteiger partial charge is 0.404 e. The van der Waals surface area contributed by atoms with Gasteiger partial charge in [0.15, 0.2) is 6.29 Å². The van der Waals surface area contributed by atoms with Crippen molar-refractivity contribution in [2.24, 2.45) is 0 Å². The van der Waals surface area contributed by atoms with Crippen molar-refractivity contribution in [1.82, 2.24) is 19.1 Å². The van der Waals surface area contributed by atoms with Gasteiger partial charge in [0.2, 0.25) is 0 Å². The number of H-pyrrole nitrogens is 1. The third kappa shape index (κ3) is 3.69. The molecule has 2 aromatic heterocycles. The van der Waals surface area contributed by atoms with E-state index >= 15 is 0 Å². The Kier molecular flexibility index (Phi) is 4.76. The molecule has 11 nitrogen and oxygen atoms in total. The molecule has 1 N–H and O–H groups in total. The fraction of sp³-hybridized carbons (Fsp3) is 0.353. The summed E-state index contributed by atoms with van der Waals surface area (Å²) in [6.07, 6.45) is 4.88. The normalized spacial score (nSPS) is 16.1. The highest BCUT2D eigenvalue weighted by atomic mass is 32.3. The zero-order valence-corrected chi connectivity index (χ0v) is 16.5. The summed E-state index contributed by atoms with van der Waals surface area (Å²) in [7, 11) is -0.101. The second-order valence-corrected chi connectivity index (χ2v) is 8.01. The first-order chi connectivity index (χ1) is 13.7. The van der Waals surface area contributed by atoms with Crippen LogP contribution in [0.2, 0.25) is 0 Å². The highest BCUT2D eigenvalue weighted by Crippen LogP contribution is 2.28. The van der Waals surface area contributed by atoms with E-state index in [9.17, 15) is 18.0 Å². The molecule has 1 aliphatic rings. The molecule has 3 heterocycles. The van der Waals surface area contributed by atoms with Crippen LogP contribution in [-0.2, 0) is 25.3 Å². The van der Waals surface area contributed by atoms with Gasteiger partial charge in [0, 0.05) is 39.5 Å². The van der Waals surface area contributed by atoms with Crippen LogP contribution < -0.4 is 16.0 Å². The Balaban J connectivity index is 1.74. The fourth-order valence-electron chi connectivity index (χ4n) is 3.27. The number of aryl methyl sites for hydroxylation is 1. The standard InChI is InChI=1S/C17H19N5O6S/c1-20(2)13-8-11-12(9-14(13)21-7-5-18-10-21)22(17(24)16(23)19-11)6-3-4-15-27-29(25,26)28-15/h5,7-10,15H,3-4,6H2,1-2H3,(H,19,23). The predicted molar refractivity (Wildman–Crippen MR) is 104 cm³/mol. The van der Waals surface area contributed by atoms with Crippen molar-refractivity contribution >= 4 is 27.1 Å². The van der Waals surface area contributed by atoms with Crippen molar-refractivity contribution < 1.29 is 16.8 Å². The van der Waals surface area contributed by atoms with Crippen LogP contribution in [0.25, 0.3) is 16.7 Å². The molecular weight excluding hydrogens is 402 g/mol. The van der Waals surface area contributed by atoms with Crippen LogP contribution >= 0.6 is 0 Å². The summed E-state index contributed by atoms with van der Waals surface area (Å²) in [6, 6.07) is 3.61. The molecule has 12 heteroatoms. The highest BCUT2D eigenvalue weighted by molar-refractivity contribution is 7.82. The molecule has 0 radical (unpaired) electrons. The molecular formula is C17H19N5O6S. The van der Waals surface area contributed by atoms with E-state index in [2.05, 4.69) is 18.3 Å². The van der Waals surface area contributed by atoms with E-state index in [1.54, 1.807) is 24.8 Å². The lowest BCUT2D eigenvalue weighted by atomic mass is 10.2. The summed E-state index contributed by atoms with van der Waals surface area (Å²) in [5, 5.41) is 0. The minimum atomic E-state index is -3.86. The summed E-state index contributed by atoms with van der Waals surface area (Å²) in [5.41, 5.74) is 1.27. The number of aromatic nitrogens is 4. The average Bonchev–Trinajstić information content (AvgIpc) is 3.16. The summed E-state index contributed by atoms with van der Waals surface area (Å²) in [6.45, 7) is 0.202. The SMILES string of the molecule is CN(C)c1cc2[nH]c(=O)c(=O)n(CCCC3OS(=O)(=O)O3)c2cc1-n1ccnc1.